The summed E-state index contributed by atoms with van der Waals surface area (Å²) in [6.45, 7) is -9.83. The smallest absolute Gasteiger partial charge is 0.335 e. The first-order valence-corrected chi connectivity index (χ1v) is 8.40. The van der Waals surface area contributed by atoms with Crippen LogP contribution < -0.4 is 10.6 Å². The summed E-state index contributed by atoms with van der Waals surface area (Å²) in [4.78, 5) is 11.6. The predicted molar refractivity (Wildman–Crippen MR) is 117 cm³/mol. The second kappa shape index (κ2) is 10.1. The van der Waals surface area contributed by atoms with Crippen LogP contribution in [0.2, 0.25) is 5.02 Å². The zero-order valence-corrected chi connectivity index (χ0v) is 15.3. The number of hydrogen-bond acceptors (Lipinski definition) is 4. The molecule has 0 aliphatic heterocycles. The van der Waals surface area contributed by atoms with Gasteiger partial charge >= 0.3 is 5.97 Å². The number of aliphatic hydroxyl groups excluding tert-OH is 1. The van der Waals surface area contributed by atoms with E-state index >= 15 is 0 Å². The number of aliphatic hydroxyl groups is 1. The van der Waals surface area contributed by atoms with Gasteiger partial charge in [-0.2, -0.15) is 0 Å². The van der Waals surface area contributed by atoms with Crippen LogP contribution >= 0.6 is 11.6 Å². The molecule has 6 heteroatoms. The van der Waals surface area contributed by atoms with Crippen molar-refractivity contribution in [3.05, 3.63) is 88.8 Å². The van der Waals surface area contributed by atoms with Gasteiger partial charge in [0.15, 0.2) is 0 Å². The molecule has 0 bridgehead atoms. The molecule has 5 nitrogen and oxygen atoms in total. The Bertz CT molecular complexity index is 1590. The Morgan fingerprint density at radius 1 is 1.14 bits per heavy atom. The molecule has 3 aromatic carbocycles. The summed E-state index contributed by atoms with van der Waals surface area (Å²) in [6, 6.07) is -1.28. The molecule has 0 spiro atoms. The highest BCUT2D eigenvalue weighted by Gasteiger charge is 2.07. The van der Waals surface area contributed by atoms with Gasteiger partial charge in [-0.25, -0.2) is 4.79 Å². The molecule has 0 radical (unpaired) electrons. The number of nitrogens with one attached hydrogen (secondary N) is 2. The van der Waals surface area contributed by atoms with Crippen molar-refractivity contribution >= 4 is 23.3 Å². The average Bonchev–Trinajstić information content (AvgIpc) is 2.89. The molecule has 0 aliphatic rings. The molecular weight excluding hydrogens is 388 g/mol. The van der Waals surface area contributed by atoms with Crippen molar-refractivity contribution < 1.29 is 34.2 Å². The molecule has 0 aliphatic carbocycles. The molecule has 150 valence electrons. The van der Waals surface area contributed by atoms with Crippen LogP contribution in [-0.2, 0) is 0 Å². The van der Waals surface area contributed by atoms with E-state index in [9.17, 15) is 15.0 Å². The second-order valence-electron chi connectivity index (χ2n) is 5.41. The minimum absolute atomic E-state index is 0.0436. The highest BCUT2D eigenvalue weighted by Crippen LogP contribution is 2.23. The van der Waals surface area contributed by atoms with E-state index in [-0.39, 0.29) is 16.8 Å². The van der Waals surface area contributed by atoms with Gasteiger partial charge in [0, 0.05) is 35.7 Å². The van der Waals surface area contributed by atoms with Crippen molar-refractivity contribution in [1.82, 2.24) is 5.32 Å². The Balaban J connectivity index is 1.98. The zero-order chi connectivity index (χ0) is 33.0. The second-order valence-corrected chi connectivity index (χ2v) is 5.79. The van der Waals surface area contributed by atoms with E-state index in [1.807, 2.05) is 0 Å². The Morgan fingerprint density at radius 3 is 2.79 bits per heavy atom. The fourth-order valence-electron chi connectivity index (χ4n) is 2.13. The van der Waals surface area contributed by atoms with Crippen molar-refractivity contribution in [2.45, 2.75) is 6.10 Å². The number of aromatic carboxylic acids is 1. The van der Waals surface area contributed by atoms with Crippen LogP contribution in [0.25, 0.3) is 11.1 Å². The normalized spacial score (nSPS) is 20.2. The average molecular weight is 425 g/mol. The van der Waals surface area contributed by atoms with Crippen LogP contribution in [0.15, 0.2) is 72.6 Å². The summed E-state index contributed by atoms with van der Waals surface area (Å²) in [7, 11) is 0. The fourth-order valence-corrected chi connectivity index (χ4v) is 2.28. The molecule has 29 heavy (non-hydrogen) atoms. The first kappa shape index (κ1) is 9.30. The van der Waals surface area contributed by atoms with Crippen molar-refractivity contribution in [1.29, 1.82) is 0 Å². The lowest BCUT2D eigenvalue weighted by molar-refractivity contribution is 0.0697. The molecule has 0 fully saturated rings. The molecule has 0 heterocycles. The standard InChI is InChI=1S/C23H23ClN2O3/c24-20-8-2-6-18(13-20)22(27)15-25-10-11-26-21-9-3-5-17(14-21)16-4-1-7-19(12-16)23(28)29/h1-9,12-14,22,25-27H,10-11,15H2,(H,28,29)/t22-/m0/s1/i1D,2D,4D,6D,7D,8D,10D2,11D2,12D,13D,15D2. The molecule has 3 aromatic rings. The Labute approximate surface area is 194 Å². The van der Waals surface area contributed by atoms with Crippen LogP contribution in [0.5, 0.6) is 0 Å². The third-order valence-corrected chi connectivity index (χ3v) is 3.61. The van der Waals surface area contributed by atoms with Crippen LogP contribution in [0.1, 0.15) is 41.2 Å². The molecule has 0 amide bonds. The topological polar surface area (TPSA) is 81.6 Å². The molecule has 0 unspecified atom stereocenters. The summed E-state index contributed by atoms with van der Waals surface area (Å²) in [5, 5.41) is 23.3. The van der Waals surface area contributed by atoms with Crippen LogP contribution in [0.3, 0.4) is 0 Å². The summed E-state index contributed by atoms with van der Waals surface area (Å²) in [6.07, 6.45) is -2.52. The number of carboxylic acid groups (broad SMARTS) is 1. The van der Waals surface area contributed by atoms with E-state index in [2.05, 4.69) is 5.32 Å². The van der Waals surface area contributed by atoms with Gasteiger partial charge in [-0.15, -0.1) is 0 Å². The molecule has 3 rings (SSSR count). The summed E-state index contributed by atoms with van der Waals surface area (Å²) in [5.41, 5.74) is -2.24. The lowest BCUT2D eigenvalue weighted by atomic mass is 10.0. The molecule has 1 atom stereocenters. The maximum absolute atomic E-state index is 11.6. The maximum atomic E-state index is 11.6. The lowest BCUT2D eigenvalue weighted by Gasteiger charge is -2.13. The van der Waals surface area contributed by atoms with Crippen molar-refractivity contribution in [2.24, 2.45) is 0 Å². The molecule has 0 aromatic heterocycles. The van der Waals surface area contributed by atoms with Crippen molar-refractivity contribution in [2.75, 3.05) is 24.8 Å². The van der Waals surface area contributed by atoms with Gasteiger partial charge in [-0.1, -0.05) is 47.9 Å². The van der Waals surface area contributed by atoms with E-state index in [0.717, 1.165) is 6.07 Å². The Hall–Kier alpha value is -2.86. The highest BCUT2D eigenvalue weighted by atomic mass is 35.5. The van der Waals surface area contributed by atoms with Gasteiger partial charge in [0.05, 0.1) is 25.4 Å². The van der Waals surface area contributed by atoms with Crippen molar-refractivity contribution in [3.63, 3.8) is 0 Å². The minimum Gasteiger partial charge on any atom is -0.478 e. The summed E-state index contributed by atoms with van der Waals surface area (Å²) < 4.78 is 113. The first-order valence-electron chi connectivity index (χ1n) is 15.0. The number of benzene rings is 3. The van der Waals surface area contributed by atoms with Gasteiger partial charge in [0.1, 0.15) is 0 Å². The van der Waals surface area contributed by atoms with E-state index in [0.29, 0.717) is 0 Å². The molecular formula is C23H23ClN2O3. The minimum atomic E-state index is -3.36. The van der Waals surface area contributed by atoms with Crippen molar-refractivity contribution in [3.8, 4) is 11.1 Å². The van der Waals surface area contributed by atoms with Crippen LogP contribution in [-0.4, -0.2) is 35.7 Å². The zero-order valence-electron chi connectivity index (χ0n) is 28.6. The van der Waals surface area contributed by atoms with Crippen LogP contribution in [0, 0.1) is 0 Å². The number of rotatable bonds is 9. The molecule has 0 saturated heterocycles. The Morgan fingerprint density at radius 2 is 1.97 bits per heavy atom. The quantitative estimate of drug-likeness (QED) is 0.408. The van der Waals surface area contributed by atoms with E-state index in [1.165, 1.54) is 18.2 Å². The highest BCUT2D eigenvalue weighted by molar-refractivity contribution is 6.30. The van der Waals surface area contributed by atoms with Gasteiger partial charge < -0.3 is 20.8 Å². The SMILES string of the molecule is [2H]c1c([2H])c(C(=O)O)c([2H])c(-c2cccc(NC([2H])([2H])C([2H])([2H])NC([2H])([2H])[C@H](O)c3c([2H])c([2H])c([2H])c(Cl)c3[2H])c2)c1[2H]. The summed E-state index contributed by atoms with van der Waals surface area (Å²) in [5.74, 6) is -1.67. The Kier molecular flexibility index (Phi) is 3.23. The van der Waals surface area contributed by atoms with Gasteiger partial charge in [0.2, 0.25) is 0 Å². The van der Waals surface area contributed by atoms with E-state index in [1.54, 1.807) is 5.32 Å². The predicted octanol–water partition coefficient (Wildman–Crippen LogP) is 4.44. The van der Waals surface area contributed by atoms with Crippen LogP contribution in [0.4, 0.5) is 5.69 Å². The number of carboxylic acids is 1. The number of anilines is 1. The van der Waals surface area contributed by atoms with Gasteiger partial charge in [0.25, 0.3) is 0 Å². The van der Waals surface area contributed by atoms with Gasteiger partial charge in [-0.05, 0) is 53.0 Å². The molecule has 4 N–H and O–H groups in total. The third kappa shape index (κ3) is 6.06. The lowest BCUT2D eigenvalue weighted by Crippen LogP contribution is -2.26. The van der Waals surface area contributed by atoms with Gasteiger partial charge in [-0.3, -0.25) is 0 Å². The number of halogens is 1. The van der Waals surface area contributed by atoms with E-state index in [4.69, 9.17) is 30.8 Å². The maximum Gasteiger partial charge on any atom is 0.335 e. The largest absolute Gasteiger partial charge is 0.478 e. The number of carbonyl (C=O) groups is 1. The molecule has 0 saturated carbocycles. The summed E-state index contributed by atoms with van der Waals surface area (Å²) >= 11 is 5.82. The monoisotopic (exact) mass is 424 g/mol. The third-order valence-electron chi connectivity index (χ3n) is 3.42. The fraction of sp³-hybridized carbons (Fsp3) is 0.174. The first-order chi connectivity index (χ1) is 19.6. The number of hydrogen-bond donors (Lipinski definition) is 4. The van der Waals surface area contributed by atoms with E-state index < -0.39 is 96.1 Å².